The Morgan fingerprint density at radius 1 is 1.32 bits per heavy atom. The van der Waals surface area contributed by atoms with Gasteiger partial charge in [0.25, 0.3) is 5.91 Å². The highest BCUT2D eigenvalue weighted by atomic mass is 32.2. The predicted molar refractivity (Wildman–Crippen MR) is 121 cm³/mol. The zero-order valence-electron chi connectivity index (χ0n) is 18.4. The lowest BCUT2D eigenvalue weighted by Crippen LogP contribution is -2.42. The molecule has 0 saturated heterocycles. The summed E-state index contributed by atoms with van der Waals surface area (Å²) >= 11 is 1.22. The van der Waals surface area contributed by atoms with Gasteiger partial charge in [0, 0.05) is 13.1 Å². The molecule has 31 heavy (non-hydrogen) atoms. The second-order valence-electron chi connectivity index (χ2n) is 6.91. The van der Waals surface area contributed by atoms with E-state index in [1.54, 1.807) is 16.9 Å². The number of thioether (sulfide) groups is 1. The van der Waals surface area contributed by atoms with Crippen molar-refractivity contribution in [3.8, 4) is 17.6 Å². The van der Waals surface area contributed by atoms with Crippen LogP contribution in [0, 0.1) is 11.3 Å². The number of nitrogens with zero attached hydrogens (tertiary/aromatic N) is 4. The highest BCUT2D eigenvalue weighted by Crippen LogP contribution is 2.46. The summed E-state index contributed by atoms with van der Waals surface area (Å²) in [7, 11) is 1.58. The van der Waals surface area contributed by atoms with Gasteiger partial charge in [0.05, 0.1) is 31.0 Å². The molecule has 0 bridgehead atoms. The molecule has 1 amide bonds. The van der Waals surface area contributed by atoms with Crippen molar-refractivity contribution >= 4 is 22.8 Å². The van der Waals surface area contributed by atoms with Crippen LogP contribution in [0.25, 0.3) is 0 Å². The molecule has 164 valence electrons. The topological polar surface area (TPSA) is 104 Å². The van der Waals surface area contributed by atoms with Crippen LogP contribution in [0.4, 0.5) is 0 Å². The number of allylic oxidation sites excluding steroid dienone is 2. The molecule has 3 rings (SSSR count). The zero-order chi connectivity index (χ0) is 22.7. The second-order valence-corrected chi connectivity index (χ2v) is 7.89. The van der Waals surface area contributed by atoms with Crippen LogP contribution in [0.2, 0.25) is 0 Å². The molecule has 0 radical (unpaired) electrons. The molecular formula is C22H27N5O3S. The number of rotatable bonds is 7. The van der Waals surface area contributed by atoms with E-state index in [2.05, 4.69) is 11.1 Å². The van der Waals surface area contributed by atoms with Gasteiger partial charge in [-0.3, -0.25) is 9.69 Å². The number of carbonyl (C=O) groups excluding carboxylic acids is 1. The molecule has 1 atom stereocenters. The first-order valence-corrected chi connectivity index (χ1v) is 11.0. The van der Waals surface area contributed by atoms with E-state index in [0.29, 0.717) is 58.4 Å². The third kappa shape index (κ3) is 3.95. The van der Waals surface area contributed by atoms with E-state index < -0.39 is 6.04 Å². The van der Waals surface area contributed by atoms with Gasteiger partial charge >= 0.3 is 0 Å². The minimum Gasteiger partial charge on any atom is -0.493 e. The van der Waals surface area contributed by atoms with E-state index in [1.807, 2.05) is 45.9 Å². The first kappa shape index (κ1) is 22.6. The van der Waals surface area contributed by atoms with Gasteiger partial charge in [-0.05, 0) is 57.2 Å². The Labute approximate surface area is 187 Å². The summed E-state index contributed by atoms with van der Waals surface area (Å²) in [6.07, 6.45) is 0. The van der Waals surface area contributed by atoms with Crippen molar-refractivity contribution in [1.29, 1.82) is 5.26 Å². The largest absolute Gasteiger partial charge is 0.493 e. The predicted octanol–water partition coefficient (Wildman–Crippen LogP) is 3.35. The van der Waals surface area contributed by atoms with Crippen molar-refractivity contribution in [3.05, 3.63) is 45.8 Å². The molecule has 2 aliphatic heterocycles. The number of carbonyl (C=O) groups is 1. The first-order valence-electron chi connectivity index (χ1n) is 10.2. The average Bonchev–Trinajstić information content (AvgIpc) is 3.08. The van der Waals surface area contributed by atoms with E-state index in [0.717, 1.165) is 5.56 Å². The van der Waals surface area contributed by atoms with Crippen molar-refractivity contribution < 1.29 is 14.3 Å². The van der Waals surface area contributed by atoms with Crippen LogP contribution in [-0.2, 0) is 4.79 Å². The number of nitrogens with two attached hydrogens (primary N) is 1. The van der Waals surface area contributed by atoms with Crippen molar-refractivity contribution in [1.82, 2.24) is 9.80 Å². The van der Waals surface area contributed by atoms with E-state index in [4.69, 9.17) is 15.2 Å². The van der Waals surface area contributed by atoms with Crippen molar-refractivity contribution in [3.63, 3.8) is 0 Å². The summed E-state index contributed by atoms with van der Waals surface area (Å²) in [5.74, 6) is 1.37. The monoisotopic (exact) mass is 441 g/mol. The van der Waals surface area contributed by atoms with Gasteiger partial charge in [-0.1, -0.05) is 6.07 Å². The maximum absolute atomic E-state index is 13.5. The summed E-state index contributed by atoms with van der Waals surface area (Å²) in [5.41, 5.74) is 8.29. The quantitative estimate of drug-likeness (QED) is 0.692. The SMILES string of the molecule is CCOc1cc([C@H]2C(C(=O)N(CC)CC)=C(C)N=C3SC(C#N)=C(N)N32)ccc1OC. The fourth-order valence-electron chi connectivity index (χ4n) is 3.74. The summed E-state index contributed by atoms with van der Waals surface area (Å²) in [4.78, 5) is 22.0. The van der Waals surface area contributed by atoms with Gasteiger partial charge in [-0.25, -0.2) is 4.99 Å². The van der Waals surface area contributed by atoms with E-state index in [-0.39, 0.29) is 5.91 Å². The molecule has 2 aliphatic rings. The smallest absolute Gasteiger partial charge is 0.254 e. The van der Waals surface area contributed by atoms with Crippen LogP contribution in [0.1, 0.15) is 39.3 Å². The van der Waals surface area contributed by atoms with Crippen LogP contribution < -0.4 is 15.2 Å². The Bertz CT molecular complexity index is 1020. The number of likely N-dealkylation sites (N-methyl/N-ethyl adjacent to an activating group) is 1. The molecule has 0 fully saturated rings. The molecule has 0 spiro atoms. The van der Waals surface area contributed by atoms with Gasteiger partial charge < -0.3 is 20.1 Å². The van der Waals surface area contributed by atoms with Crippen LogP contribution in [0.5, 0.6) is 11.5 Å². The highest BCUT2D eigenvalue weighted by molar-refractivity contribution is 8.17. The highest BCUT2D eigenvalue weighted by Gasteiger charge is 2.43. The number of hydrogen-bond donors (Lipinski definition) is 1. The van der Waals surface area contributed by atoms with E-state index in [1.165, 1.54) is 11.8 Å². The lowest BCUT2D eigenvalue weighted by atomic mass is 9.93. The summed E-state index contributed by atoms with van der Waals surface area (Å²) in [6, 6.07) is 7.16. The molecule has 2 heterocycles. The maximum Gasteiger partial charge on any atom is 0.254 e. The number of fused-ring (bicyclic) bond motifs is 1. The Morgan fingerprint density at radius 2 is 2.03 bits per heavy atom. The van der Waals surface area contributed by atoms with E-state index in [9.17, 15) is 10.1 Å². The number of nitriles is 1. The molecular weight excluding hydrogens is 414 g/mol. The van der Waals surface area contributed by atoms with Crippen molar-refractivity contribution in [2.24, 2.45) is 10.7 Å². The van der Waals surface area contributed by atoms with Crippen LogP contribution >= 0.6 is 11.8 Å². The minimum absolute atomic E-state index is 0.104. The molecule has 1 aromatic rings. The molecule has 1 aromatic carbocycles. The average molecular weight is 442 g/mol. The second kappa shape index (κ2) is 9.35. The first-order chi connectivity index (χ1) is 14.9. The summed E-state index contributed by atoms with van der Waals surface area (Å²) in [5, 5.41) is 10.1. The molecule has 0 saturated carbocycles. The number of methoxy groups -OCH3 is 1. The van der Waals surface area contributed by atoms with Crippen molar-refractivity contribution in [2.75, 3.05) is 26.8 Å². The summed E-state index contributed by atoms with van der Waals surface area (Å²) in [6.45, 7) is 9.22. The number of amidine groups is 1. The van der Waals surface area contributed by atoms with Crippen LogP contribution in [0.3, 0.4) is 0 Å². The third-order valence-corrected chi connectivity index (χ3v) is 6.24. The van der Waals surface area contributed by atoms with Crippen LogP contribution in [0.15, 0.2) is 45.2 Å². The molecule has 0 aromatic heterocycles. The van der Waals surface area contributed by atoms with Crippen LogP contribution in [-0.4, -0.2) is 47.7 Å². The summed E-state index contributed by atoms with van der Waals surface area (Å²) < 4.78 is 11.2. The zero-order valence-corrected chi connectivity index (χ0v) is 19.2. The normalized spacial score (nSPS) is 17.9. The standard InChI is InChI=1S/C22H27N5O3S/c1-6-26(7-2)21(28)18-13(4)25-22-27(20(24)17(12-23)31-22)19(18)14-9-10-15(29-5)16(11-14)30-8-3/h9-11,19H,6-8,24H2,1-5H3/t19-/m0/s1. The molecule has 0 unspecified atom stereocenters. The van der Waals surface area contributed by atoms with Gasteiger partial charge in [0.1, 0.15) is 16.8 Å². The Balaban J connectivity index is 2.22. The minimum atomic E-state index is -0.538. The molecule has 2 N–H and O–H groups in total. The lowest BCUT2D eigenvalue weighted by Gasteiger charge is -2.37. The molecule has 9 heteroatoms. The molecule has 8 nitrogen and oxygen atoms in total. The van der Waals surface area contributed by atoms with Crippen molar-refractivity contribution in [2.45, 2.75) is 33.7 Å². The van der Waals surface area contributed by atoms with Gasteiger partial charge in [-0.2, -0.15) is 5.26 Å². The lowest BCUT2D eigenvalue weighted by molar-refractivity contribution is -0.127. The molecule has 0 aliphatic carbocycles. The Morgan fingerprint density at radius 3 is 2.61 bits per heavy atom. The number of amides is 1. The Hall–Kier alpha value is -3.12. The fraction of sp³-hybridized carbons (Fsp3) is 0.409. The number of hydrogen-bond acceptors (Lipinski definition) is 8. The van der Waals surface area contributed by atoms with E-state index >= 15 is 0 Å². The van der Waals surface area contributed by atoms with Gasteiger partial charge in [0.15, 0.2) is 16.7 Å². The number of aliphatic imine (C=N–C) groups is 1. The van der Waals surface area contributed by atoms with Gasteiger partial charge in [0.2, 0.25) is 0 Å². The fourth-order valence-corrected chi connectivity index (χ4v) is 4.66. The van der Waals surface area contributed by atoms with Gasteiger partial charge in [-0.15, -0.1) is 0 Å². The maximum atomic E-state index is 13.5. The number of ether oxygens (including phenoxy) is 2. The number of benzene rings is 1. The third-order valence-electron chi connectivity index (χ3n) is 5.26. The Kier molecular flexibility index (Phi) is 6.81.